The normalized spacial score (nSPS) is 17.1. The molecule has 1 atom stereocenters. The lowest BCUT2D eigenvalue weighted by Crippen LogP contribution is -2.38. The van der Waals surface area contributed by atoms with Crippen molar-refractivity contribution in [2.45, 2.75) is 12.5 Å². The number of halogens is 4. The van der Waals surface area contributed by atoms with Gasteiger partial charge in [-0.1, -0.05) is 0 Å². The van der Waals surface area contributed by atoms with E-state index < -0.39 is 33.3 Å². The van der Waals surface area contributed by atoms with Crippen LogP contribution in [0.4, 0.5) is 30.2 Å². The van der Waals surface area contributed by atoms with Crippen LogP contribution >= 0.6 is 22.6 Å². The highest BCUT2D eigenvalue weighted by molar-refractivity contribution is 14.1. The maximum absolute atomic E-state index is 14.5. The summed E-state index contributed by atoms with van der Waals surface area (Å²) in [6.45, 7) is 1.57. The van der Waals surface area contributed by atoms with Gasteiger partial charge >= 0.3 is 10.2 Å². The number of benzene rings is 2. The summed E-state index contributed by atoms with van der Waals surface area (Å²) in [6, 6.07) is 6.00. The minimum Gasteiger partial charge on any atom is -0.383 e. The molecule has 1 fully saturated rings. The van der Waals surface area contributed by atoms with Crippen LogP contribution in [-0.4, -0.2) is 52.1 Å². The molecule has 3 N–H and O–H groups in total. The highest BCUT2D eigenvalue weighted by Gasteiger charge is 2.32. The van der Waals surface area contributed by atoms with E-state index in [1.165, 1.54) is 16.4 Å². The van der Waals surface area contributed by atoms with Crippen molar-refractivity contribution >= 4 is 49.9 Å². The SMILES string of the molecule is COCCNC1CCN(S(=O)(=O)Nc2ccc(F)c(F)c2Nc2ccc(I)cc2F)C1. The Bertz CT molecular complexity index is 1040. The monoisotopic (exact) mass is 570 g/mol. The summed E-state index contributed by atoms with van der Waals surface area (Å²) >= 11 is 1.91. The molecule has 1 heterocycles. The lowest BCUT2D eigenvalue weighted by molar-refractivity contribution is 0.196. The number of ether oxygens (including phenoxy) is 1. The fourth-order valence-corrected chi connectivity index (χ4v) is 4.92. The first kappa shape index (κ1) is 24.0. The van der Waals surface area contributed by atoms with Gasteiger partial charge in [-0.3, -0.25) is 4.72 Å². The molecule has 0 aromatic heterocycles. The number of nitrogens with zero attached hydrogens (tertiary/aromatic N) is 1. The molecule has 31 heavy (non-hydrogen) atoms. The number of anilines is 3. The molecule has 3 rings (SSSR count). The van der Waals surface area contributed by atoms with E-state index in [1.54, 1.807) is 13.2 Å². The molecule has 2 aromatic rings. The Labute approximate surface area is 192 Å². The van der Waals surface area contributed by atoms with Crippen LogP contribution < -0.4 is 15.4 Å². The van der Waals surface area contributed by atoms with E-state index in [2.05, 4.69) is 15.4 Å². The van der Waals surface area contributed by atoms with Crippen molar-refractivity contribution in [1.29, 1.82) is 0 Å². The van der Waals surface area contributed by atoms with Crippen LogP contribution in [-0.2, 0) is 14.9 Å². The Morgan fingerprint density at radius 2 is 1.90 bits per heavy atom. The lowest BCUT2D eigenvalue weighted by Gasteiger charge is -2.20. The van der Waals surface area contributed by atoms with Gasteiger partial charge in [0.1, 0.15) is 11.5 Å². The highest BCUT2D eigenvalue weighted by atomic mass is 127. The largest absolute Gasteiger partial charge is 0.383 e. The smallest absolute Gasteiger partial charge is 0.301 e. The molecule has 0 amide bonds. The second kappa shape index (κ2) is 10.3. The average Bonchev–Trinajstić information content (AvgIpc) is 3.19. The molecule has 1 aliphatic heterocycles. The van der Waals surface area contributed by atoms with Crippen molar-refractivity contribution in [2.75, 3.05) is 43.4 Å². The number of rotatable bonds is 9. The van der Waals surface area contributed by atoms with E-state index in [0.29, 0.717) is 23.1 Å². The first-order valence-electron chi connectivity index (χ1n) is 9.41. The Hall–Kier alpha value is -1.61. The van der Waals surface area contributed by atoms with E-state index in [-0.39, 0.29) is 30.5 Å². The topological polar surface area (TPSA) is 82.7 Å². The highest BCUT2D eigenvalue weighted by Crippen LogP contribution is 2.33. The van der Waals surface area contributed by atoms with Gasteiger partial charge in [0.25, 0.3) is 0 Å². The van der Waals surface area contributed by atoms with Gasteiger partial charge < -0.3 is 15.4 Å². The predicted octanol–water partition coefficient (Wildman–Crippen LogP) is 3.42. The maximum Gasteiger partial charge on any atom is 0.301 e. The van der Waals surface area contributed by atoms with E-state index in [9.17, 15) is 21.6 Å². The molecule has 0 spiro atoms. The van der Waals surface area contributed by atoms with Gasteiger partial charge in [0.05, 0.1) is 18.0 Å². The zero-order valence-corrected chi connectivity index (χ0v) is 19.6. The zero-order valence-electron chi connectivity index (χ0n) is 16.6. The van der Waals surface area contributed by atoms with Crippen molar-refractivity contribution in [3.8, 4) is 0 Å². The fraction of sp³-hybridized carbons (Fsp3) is 0.368. The first-order valence-corrected chi connectivity index (χ1v) is 11.9. The van der Waals surface area contributed by atoms with Crippen molar-refractivity contribution in [3.05, 3.63) is 51.4 Å². The third-order valence-electron chi connectivity index (χ3n) is 4.75. The maximum atomic E-state index is 14.5. The summed E-state index contributed by atoms with van der Waals surface area (Å²) in [4.78, 5) is 0. The Balaban J connectivity index is 1.80. The predicted molar refractivity (Wildman–Crippen MR) is 121 cm³/mol. The number of hydrogen-bond acceptors (Lipinski definition) is 5. The zero-order chi connectivity index (χ0) is 22.6. The van der Waals surface area contributed by atoms with Crippen molar-refractivity contribution in [3.63, 3.8) is 0 Å². The molecule has 0 bridgehead atoms. The molecule has 0 aliphatic carbocycles. The third kappa shape index (κ3) is 6.00. The molecule has 1 saturated heterocycles. The number of methoxy groups -OCH3 is 1. The summed E-state index contributed by atoms with van der Waals surface area (Å²) in [5, 5.41) is 5.67. The average molecular weight is 570 g/mol. The quantitative estimate of drug-likeness (QED) is 0.318. The molecule has 1 aliphatic rings. The van der Waals surface area contributed by atoms with E-state index in [4.69, 9.17) is 4.74 Å². The number of hydrogen-bond donors (Lipinski definition) is 3. The van der Waals surface area contributed by atoms with E-state index in [1.807, 2.05) is 22.6 Å². The Morgan fingerprint density at radius 1 is 1.16 bits per heavy atom. The minimum atomic E-state index is -4.05. The van der Waals surface area contributed by atoms with Gasteiger partial charge in [0.15, 0.2) is 11.6 Å². The summed E-state index contributed by atoms with van der Waals surface area (Å²) in [5.41, 5.74) is -0.848. The molecular weight excluding hydrogens is 548 g/mol. The molecule has 0 radical (unpaired) electrons. The van der Waals surface area contributed by atoms with Gasteiger partial charge in [-0.25, -0.2) is 13.2 Å². The first-order chi connectivity index (χ1) is 14.7. The summed E-state index contributed by atoms with van der Waals surface area (Å²) in [7, 11) is -2.47. The van der Waals surface area contributed by atoms with Crippen molar-refractivity contribution in [2.24, 2.45) is 0 Å². The second-order valence-electron chi connectivity index (χ2n) is 6.93. The summed E-state index contributed by atoms with van der Waals surface area (Å²) < 4.78 is 77.3. The van der Waals surface area contributed by atoms with E-state index in [0.717, 1.165) is 12.1 Å². The molecule has 2 aromatic carbocycles. The standard InChI is InChI=1S/C19H22F3IN4O3S/c1-30-9-7-24-13-6-8-27(11-13)31(28,29)26-17-5-3-14(20)18(22)19(17)25-16-4-2-12(23)10-15(16)21/h2-5,10,13,24-26H,6-9,11H2,1H3. The van der Waals surface area contributed by atoms with Crippen LogP contribution in [0.25, 0.3) is 0 Å². The fourth-order valence-electron chi connectivity index (χ4n) is 3.17. The van der Waals surface area contributed by atoms with Gasteiger partial charge in [0.2, 0.25) is 0 Å². The van der Waals surface area contributed by atoms with Gasteiger partial charge in [0, 0.05) is 36.4 Å². The summed E-state index contributed by atoms with van der Waals surface area (Å²) in [5.74, 6) is -3.20. The third-order valence-corrected chi connectivity index (χ3v) is 6.92. The molecule has 170 valence electrons. The number of nitrogens with one attached hydrogen (secondary N) is 3. The van der Waals surface area contributed by atoms with Crippen LogP contribution in [0.1, 0.15) is 6.42 Å². The van der Waals surface area contributed by atoms with Crippen molar-refractivity contribution < 1.29 is 26.3 Å². The van der Waals surface area contributed by atoms with Gasteiger partial charge in [-0.05, 0) is 59.3 Å². The van der Waals surface area contributed by atoms with Gasteiger partial charge in [-0.15, -0.1) is 0 Å². The van der Waals surface area contributed by atoms with Gasteiger partial charge in [-0.2, -0.15) is 12.7 Å². The van der Waals surface area contributed by atoms with Crippen LogP contribution in [0.5, 0.6) is 0 Å². The minimum absolute atomic E-state index is 0.0461. The molecular formula is C19H22F3IN4O3S. The van der Waals surface area contributed by atoms with Crippen molar-refractivity contribution in [1.82, 2.24) is 9.62 Å². The van der Waals surface area contributed by atoms with Crippen LogP contribution in [0, 0.1) is 21.0 Å². The van der Waals surface area contributed by atoms with E-state index >= 15 is 0 Å². The van der Waals surface area contributed by atoms with Crippen LogP contribution in [0.15, 0.2) is 30.3 Å². The molecule has 7 nitrogen and oxygen atoms in total. The molecule has 12 heteroatoms. The van der Waals surface area contributed by atoms with Crippen LogP contribution in [0.2, 0.25) is 0 Å². The lowest BCUT2D eigenvalue weighted by atomic mass is 10.2. The molecule has 0 saturated carbocycles. The second-order valence-corrected chi connectivity index (χ2v) is 9.85. The Morgan fingerprint density at radius 3 is 2.61 bits per heavy atom. The molecule has 1 unspecified atom stereocenters. The summed E-state index contributed by atoms with van der Waals surface area (Å²) in [6.07, 6.45) is 0.599. The van der Waals surface area contributed by atoms with Crippen LogP contribution in [0.3, 0.4) is 0 Å². The Kier molecular flexibility index (Phi) is 8.02.